The van der Waals surface area contributed by atoms with Gasteiger partial charge < -0.3 is 10.8 Å². The summed E-state index contributed by atoms with van der Waals surface area (Å²) < 4.78 is 15.4. The third kappa shape index (κ3) is 2.58. The molecular formula is C21H18FN5O. The molecule has 1 atom stereocenters. The van der Waals surface area contributed by atoms with E-state index in [0.29, 0.717) is 28.1 Å². The second-order valence-electron chi connectivity index (χ2n) is 7.08. The summed E-state index contributed by atoms with van der Waals surface area (Å²) >= 11 is 0. The lowest BCUT2D eigenvalue weighted by Crippen LogP contribution is -2.20. The van der Waals surface area contributed by atoms with Crippen molar-refractivity contribution in [2.75, 3.05) is 5.73 Å². The smallest absolute Gasteiger partial charge is 0.164 e. The molecule has 0 saturated carbocycles. The Bertz CT molecular complexity index is 1200. The number of aromatic nitrogens is 4. The lowest BCUT2D eigenvalue weighted by Gasteiger charge is -2.25. The number of aryl methyl sites for hydroxylation is 1. The number of nitrogens with two attached hydrogens (primary N) is 1. The average molecular weight is 375 g/mol. The van der Waals surface area contributed by atoms with E-state index >= 15 is 0 Å². The van der Waals surface area contributed by atoms with Gasteiger partial charge in [-0.1, -0.05) is 24.3 Å². The fourth-order valence-electron chi connectivity index (χ4n) is 4.00. The van der Waals surface area contributed by atoms with Crippen LogP contribution in [0.15, 0.2) is 48.8 Å². The normalized spacial score (nSPS) is 16.2. The van der Waals surface area contributed by atoms with Crippen molar-refractivity contribution in [3.8, 4) is 17.0 Å². The molecule has 0 bridgehead atoms. The Kier molecular flexibility index (Phi) is 3.75. The molecule has 140 valence electrons. The summed E-state index contributed by atoms with van der Waals surface area (Å²) in [6.45, 7) is 0. The highest BCUT2D eigenvalue weighted by Gasteiger charge is 2.26. The molecule has 1 aliphatic carbocycles. The van der Waals surface area contributed by atoms with Crippen LogP contribution in [0.4, 0.5) is 10.2 Å². The molecule has 1 aliphatic rings. The zero-order chi connectivity index (χ0) is 19.3. The minimum Gasteiger partial charge on any atom is -0.505 e. The number of aromatic hydroxyl groups is 1. The summed E-state index contributed by atoms with van der Waals surface area (Å²) in [6, 6.07) is 12.7. The van der Waals surface area contributed by atoms with Crippen LogP contribution in [0.25, 0.3) is 22.3 Å². The number of nitrogen functional groups attached to an aromatic ring is 1. The molecule has 0 saturated heterocycles. The second kappa shape index (κ2) is 6.30. The number of fused-ring (bicyclic) bond motifs is 2. The maximum atomic E-state index is 13.5. The first kappa shape index (κ1) is 16.7. The molecule has 2 heterocycles. The van der Waals surface area contributed by atoms with Gasteiger partial charge in [0.05, 0.1) is 11.4 Å². The number of anilines is 1. The first-order chi connectivity index (χ1) is 13.6. The topological polar surface area (TPSA) is 89.8 Å². The van der Waals surface area contributed by atoms with Gasteiger partial charge in [0.15, 0.2) is 17.2 Å². The van der Waals surface area contributed by atoms with E-state index in [1.54, 1.807) is 6.07 Å². The fraction of sp³-hybridized carbons (Fsp3) is 0.190. The summed E-state index contributed by atoms with van der Waals surface area (Å²) in [4.78, 5) is 8.54. The van der Waals surface area contributed by atoms with Gasteiger partial charge in [-0.25, -0.2) is 19.0 Å². The molecule has 0 spiro atoms. The first-order valence-corrected chi connectivity index (χ1v) is 9.16. The van der Waals surface area contributed by atoms with Crippen LogP contribution in [0.5, 0.6) is 5.75 Å². The highest BCUT2D eigenvalue weighted by atomic mass is 19.1. The molecule has 0 fully saturated rings. The minimum atomic E-state index is -0.680. The number of halogens is 1. The summed E-state index contributed by atoms with van der Waals surface area (Å²) in [6.07, 6.45) is 4.19. The third-order valence-electron chi connectivity index (χ3n) is 5.40. The predicted molar refractivity (Wildman–Crippen MR) is 104 cm³/mol. The molecule has 1 unspecified atom stereocenters. The van der Waals surface area contributed by atoms with Gasteiger partial charge in [-0.3, -0.25) is 0 Å². The number of hydrogen-bond acceptors (Lipinski definition) is 5. The van der Waals surface area contributed by atoms with Crippen molar-refractivity contribution >= 4 is 16.9 Å². The first-order valence-electron chi connectivity index (χ1n) is 9.16. The highest BCUT2D eigenvalue weighted by Crippen LogP contribution is 2.36. The number of benzene rings is 2. The Balaban J connectivity index is 1.67. The molecule has 0 aliphatic heterocycles. The lowest BCUT2D eigenvalue weighted by molar-refractivity contribution is 0.415. The molecular weight excluding hydrogens is 357 g/mol. The quantitative estimate of drug-likeness (QED) is 0.558. The van der Waals surface area contributed by atoms with E-state index in [-0.39, 0.29) is 6.04 Å². The number of nitrogens with zero attached hydrogens (tertiary/aromatic N) is 4. The van der Waals surface area contributed by atoms with E-state index in [1.165, 1.54) is 29.6 Å². The van der Waals surface area contributed by atoms with Crippen LogP contribution in [-0.4, -0.2) is 24.9 Å². The molecule has 7 heteroatoms. The molecule has 5 rings (SSSR count). The standard InChI is InChI=1S/C21H18FN5O/c22-16-8-6-14(10-17(16)28)19-18-20(23)24-11-25-21(18)27(26-19)15-7-5-12-3-1-2-4-13(12)9-15/h1-4,6,8,10-11,15,28H,5,7,9H2,(H2,23,24,25). The Morgan fingerprint density at radius 3 is 2.75 bits per heavy atom. The van der Waals surface area contributed by atoms with E-state index in [0.717, 1.165) is 19.3 Å². The predicted octanol–water partition coefficient (Wildman–Crippen LogP) is 3.65. The van der Waals surface area contributed by atoms with Crippen molar-refractivity contribution in [1.82, 2.24) is 19.7 Å². The van der Waals surface area contributed by atoms with Crippen LogP contribution in [0.3, 0.4) is 0 Å². The van der Waals surface area contributed by atoms with E-state index in [2.05, 4.69) is 34.2 Å². The van der Waals surface area contributed by atoms with Crippen LogP contribution in [-0.2, 0) is 12.8 Å². The largest absolute Gasteiger partial charge is 0.505 e. The molecule has 0 radical (unpaired) electrons. The van der Waals surface area contributed by atoms with Crippen molar-refractivity contribution in [2.24, 2.45) is 0 Å². The third-order valence-corrected chi connectivity index (χ3v) is 5.40. The summed E-state index contributed by atoms with van der Waals surface area (Å²) in [7, 11) is 0. The summed E-state index contributed by atoms with van der Waals surface area (Å²) in [5.74, 6) is -0.797. The summed E-state index contributed by atoms with van der Waals surface area (Å²) in [5.41, 5.74) is 10.6. The molecule has 2 aromatic carbocycles. The molecule has 0 amide bonds. The van der Waals surface area contributed by atoms with Crippen LogP contribution < -0.4 is 5.73 Å². The molecule has 3 N–H and O–H groups in total. The Morgan fingerprint density at radius 1 is 1.11 bits per heavy atom. The van der Waals surface area contributed by atoms with E-state index < -0.39 is 11.6 Å². The molecule has 2 aromatic heterocycles. The number of hydrogen-bond donors (Lipinski definition) is 2. The van der Waals surface area contributed by atoms with Gasteiger partial charge in [-0.2, -0.15) is 5.10 Å². The summed E-state index contributed by atoms with van der Waals surface area (Å²) in [5, 5.41) is 15.2. The Hall–Kier alpha value is -3.48. The Labute approximate surface area is 160 Å². The average Bonchev–Trinajstić information content (AvgIpc) is 3.11. The number of phenolic OH excluding ortho intramolecular Hbond substituents is 1. The molecule has 28 heavy (non-hydrogen) atoms. The minimum absolute atomic E-state index is 0.134. The van der Waals surface area contributed by atoms with Crippen molar-refractivity contribution in [3.63, 3.8) is 0 Å². The maximum Gasteiger partial charge on any atom is 0.164 e. The monoisotopic (exact) mass is 375 g/mol. The fourth-order valence-corrected chi connectivity index (χ4v) is 4.00. The van der Waals surface area contributed by atoms with Crippen LogP contribution >= 0.6 is 0 Å². The van der Waals surface area contributed by atoms with Crippen molar-refractivity contribution < 1.29 is 9.50 Å². The van der Waals surface area contributed by atoms with Crippen LogP contribution in [0, 0.1) is 5.82 Å². The van der Waals surface area contributed by atoms with Crippen LogP contribution in [0.1, 0.15) is 23.6 Å². The van der Waals surface area contributed by atoms with Crippen molar-refractivity contribution in [2.45, 2.75) is 25.3 Å². The SMILES string of the molecule is Nc1ncnc2c1c(-c1ccc(F)c(O)c1)nn2C1CCc2ccccc2C1. The van der Waals surface area contributed by atoms with Crippen molar-refractivity contribution in [3.05, 3.63) is 65.7 Å². The van der Waals surface area contributed by atoms with Gasteiger partial charge >= 0.3 is 0 Å². The maximum absolute atomic E-state index is 13.5. The van der Waals surface area contributed by atoms with Gasteiger partial charge in [-0.15, -0.1) is 0 Å². The molecule has 6 nitrogen and oxygen atoms in total. The van der Waals surface area contributed by atoms with Gasteiger partial charge in [0, 0.05) is 5.56 Å². The Morgan fingerprint density at radius 2 is 1.93 bits per heavy atom. The van der Waals surface area contributed by atoms with E-state index in [4.69, 9.17) is 10.8 Å². The van der Waals surface area contributed by atoms with Crippen molar-refractivity contribution in [1.29, 1.82) is 0 Å². The lowest BCUT2D eigenvalue weighted by atomic mass is 9.88. The second-order valence-corrected chi connectivity index (χ2v) is 7.08. The van der Waals surface area contributed by atoms with Gasteiger partial charge in [0.25, 0.3) is 0 Å². The van der Waals surface area contributed by atoms with Gasteiger partial charge in [0.2, 0.25) is 0 Å². The zero-order valence-corrected chi connectivity index (χ0v) is 15.0. The van der Waals surface area contributed by atoms with Gasteiger partial charge in [0.1, 0.15) is 17.8 Å². The highest BCUT2D eigenvalue weighted by molar-refractivity contribution is 5.98. The van der Waals surface area contributed by atoms with Gasteiger partial charge in [-0.05, 0) is 48.6 Å². The zero-order valence-electron chi connectivity index (χ0n) is 15.0. The number of rotatable bonds is 2. The van der Waals surface area contributed by atoms with E-state index in [9.17, 15) is 9.50 Å². The number of phenols is 1. The van der Waals surface area contributed by atoms with Crippen LogP contribution in [0.2, 0.25) is 0 Å². The molecule has 4 aromatic rings. The van der Waals surface area contributed by atoms with E-state index in [1.807, 2.05) is 4.68 Å².